The minimum atomic E-state index is -0.850. The van der Waals surface area contributed by atoms with Crippen LogP contribution in [0.25, 0.3) is 0 Å². The normalized spacial score (nSPS) is 10.1. The van der Waals surface area contributed by atoms with Crippen molar-refractivity contribution in [2.75, 3.05) is 5.01 Å². The van der Waals surface area contributed by atoms with Gasteiger partial charge in [0.25, 0.3) is 5.69 Å². The Morgan fingerprint density at radius 3 is 2.52 bits per heavy atom. The summed E-state index contributed by atoms with van der Waals surface area (Å²) in [4.78, 5) is 35.7. The molecule has 0 aliphatic heterocycles. The van der Waals surface area contributed by atoms with Crippen molar-refractivity contribution in [3.05, 3.63) is 55.0 Å². The van der Waals surface area contributed by atoms with Crippen molar-refractivity contribution in [3.8, 4) is 0 Å². The van der Waals surface area contributed by atoms with E-state index >= 15 is 0 Å². The number of thiazole rings is 1. The summed E-state index contributed by atoms with van der Waals surface area (Å²) in [6, 6.07) is 2.81. The molecule has 1 amide bonds. The van der Waals surface area contributed by atoms with E-state index in [1.807, 2.05) is 0 Å². The number of nitrogens with zero attached hydrogens (tertiary/aromatic N) is 4. The molecule has 0 unspecified atom stereocenters. The van der Waals surface area contributed by atoms with Gasteiger partial charge in [0.2, 0.25) is 0 Å². The van der Waals surface area contributed by atoms with E-state index in [1.165, 1.54) is 6.20 Å². The molecular formula is C10H7N5O5S. The summed E-state index contributed by atoms with van der Waals surface area (Å²) in [5.74, 6) is 4.82. The van der Waals surface area contributed by atoms with E-state index < -0.39 is 27.1 Å². The fourth-order valence-electron chi connectivity index (χ4n) is 1.52. The van der Waals surface area contributed by atoms with E-state index in [4.69, 9.17) is 5.84 Å². The lowest BCUT2D eigenvalue weighted by Crippen LogP contribution is -2.37. The average Bonchev–Trinajstić information content (AvgIpc) is 2.99. The highest BCUT2D eigenvalue weighted by molar-refractivity contribution is 7.11. The van der Waals surface area contributed by atoms with Crippen LogP contribution in [0.15, 0.2) is 29.8 Å². The Kier molecular flexibility index (Phi) is 3.86. The van der Waals surface area contributed by atoms with Gasteiger partial charge in [-0.1, -0.05) is 0 Å². The standard InChI is InChI=1S/C10H7N5O5S/c11-13(10(16)9-12-3-4-21-9)7-2-1-6(14(17)18)5-8(7)15(19)20/h1-5H,11H2. The van der Waals surface area contributed by atoms with Gasteiger partial charge in [0.15, 0.2) is 5.01 Å². The number of carbonyl (C=O) groups excluding carboxylic acids is 1. The monoisotopic (exact) mass is 309 g/mol. The fourth-order valence-corrected chi connectivity index (χ4v) is 2.09. The lowest BCUT2D eigenvalue weighted by atomic mass is 10.2. The number of nitrogens with two attached hydrogens (primary N) is 1. The molecule has 1 heterocycles. The molecule has 0 radical (unpaired) electrons. The van der Waals surface area contributed by atoms with E-state index in [0.29, 0.717) is 5.01 Å². The van der Waals surface area contributed by atoms with Gasteiger partial charge in [-0.2, -0.15) is 0 Å². The van der Waals surface area contributed by atoms with Gasteiger partial charge < -0.3 is 0 Å². The number of non-ortho nitro benzene ring substituents is 1. The molecule has 2 aromatic rings. The Hall–Kier alpha value is -2.92. The molecule has 0 spiro atoms. The molecule has 2 N–H and O–H groups in total. The first-order valence-corrected chi connectivity index (χ1v) is 6.21. The first-order valence-electron chi connectivity index (χ1n) is 5.33. The molecule has 0 bridgehead atoms. The van der Waals surface area contributed by atoms with Crippen LogP contribution in [-0.2, 0) is 0 Å². The minimum absolute atomic E-state index is 0.0464. The highest BCUT2D eigenvalue weighted by Gasteiger charge is 2.27. The number of anilines is 1. The van der Waals surface area contributed by atoms with Gasteiger partial charge in [-0.05, 0) is 6.07 Å². The van der Waals surface area contributed by atoms with Crippen LogP contribution >= 0.6 is 11.3 Å². The van der Waals surface area contributed by atoms with Crippen molar-refractivity contribution in [1.82, 2.24) is 4.98 Å². The molecule has 2 rings (SSSR count). The van der Waals surface area contributed by atoms with Gasteiger partial charge in [0, 0.05) is 17.6 Å². The lowest BCUT2D eigenvalue weighted by Gasteiger charge is -2.14. The van der Waals surface area contributed by atoms with E-state index in [9.17, 15) is 25.0 Å². The first kappa shape index (κ1) is 14.5. The maximum atomic E-state index is 12.0. The van der Waals surface area contributed by atoms with Gasteiger partial charge in [0.1, 0.15) is 5.69 Å². The van der Waals surface area contributed by atoms with Crippen LogP contribution in [0.2, 0.25) is 0 Å². The summed E-state index contributed by atoms with van der Waals surface area (Å²) in [5, 5.41) is 23.8. The van der Waals surface area contributed by atoms with Crippen molar-refractivity contribution >= 4 is 34.3 Å². The topological polar surface area (TPSA) is 146 Å². The van der Waals surface area contributed by atoms with Crippen molar-refractivity contribution < 1.29 is 14.6 Å². The molecule has 1 aromatic heterocycles. The molecule has 0 saturated heterocycles. The van der Waals surface area contributed by atoms with Crippen LogP contribution < -0.4 is 10.9 Å². The first-order chi connectivity index (χ1) is 9.91. The quantitative estimate of drug-likeness (QED) is 0.389. The number of nitro groups is 2. The van der Waals surface area contributed by atoms with Crippen LogP contribution in [0.3, 0.4) is 0 Å². The zero-order valence-corrected chi connectivity index (χ0v) is 11.0. The Morgan fingerprint density at radius 2 is 2.00 bits per heavy atom. The maximum Gasteiger partial charge on any atom is 0.301 e. The predicted molar refractivity (Wildman–Crippen MR) is 72.9 cm³/mol. The molecule has 0 aliphatic rings. The van der Waals surface area contributed by atoms with Crippen LogP contribution in [0.4, 0.5) is 17.1 Å². The van der Waals surface area contributed by atoms with Crippen molar-refractivity contribution in [2.24, 2.45) is 5.84 Å². The summed E-state index contributed by atoms with van der Waals surface area (Å²) in [6.07, 6.45) is 1.38. The summed E-state index contributed by atoms with van der Waals surface area (Å²) < 4.78 is 0. The molecule has 0 fully saturated rings. The molecule has 108 valence electrons. The third-order valence-electron chi connectivity index (χ3n) is 2.46. The maximum absolute atomic E-state index is 12.0. The smallest absolute Gasteiger partial charge is 0.264 e. The van der Waals surface area contributed by atoms with Crippen molar-refractivity contribution in [3.63, 3.8) is 0 Å². The fraction of sp³-hybridized carbons (Fsp3) is 0. The minimum Gasteiger partial charge on any atom is -0.264 e. The number of aromatic nitrogens is 1. The number of hydrogen-bond donors (Lipinski definition) is 1. The number of amides is 1. The number of nitro benzene ring substituents is 2. The third-order valence-corrected chi connectivity index (χ3v) is 3.22. The van der Waals surface area contributed by atoms with Gasteiger partial charge in [-0.25, -0.2) is 15.8 Å². The average molecular weight is 309 g/mol. The Labute approximate surface area is 120 Å². The number of rotatable bonds is 4. The van der Waals surface area contributed by atoms with Gasteiger partial charge in [0.05, 0.1) is 15.9 Å². The van der Waals surface area contributed by atoms with Gasteiger partial charge in [-0.15, -0.1) is 11.3 Å². The molecule has 1 aromatic carbocycles. The SMILES string of the molecule is NN(C(=O)c1nccs1)c1ccc([N+](=O)[O-])cc1[N+](=O)[O-]. The summed E-state index contributed by atoms with van der Waals surface area (Å²) in [7, 11) is 0. The number of benzene rings is 1. The molecule has 21 heavy (non-hydrogen) atoms. The molecular weight excluding hydrogens is 302 g/mol. The van der Waals surface area contributed by atoms with Crippen LogP contribution in [0.5, 0.6) is 0 Å². The number of carbonyl (C=O) groups is 1. The van der Waals surface area contributed by atoms with E-state index in [-0.39, 0.29) is 10.7 Å². The predicted octanol–water partition coefficient (Wildman–Crippen LogP) is 1.48. The summed E-state index contributed by atoms with van der Waals surface area (Å²) in [6.45, 7) is 0. The largest absolute Gasteiger partial charge is 0.301 e. The third kappa shape index (κ3) is 2.82. The number of hydrogen-bond acceptors (Lipinski definition) is 8. The highest BCUT2D eigenvalue weighted by Crippen LogP contribution is 2.31. The van der Waals surface area contributed by atoms with Crippen molar-refractivity contribution in [2.45, 2.75) is 0 Å². The molecule has 0 atom stereocenters. The Balaban J connectivity index is 2.45. The zero-order valence-electron chi connectivity index (χ0n) is 10.2. The zero-order chi connectivity index (χ0) is 15.6. The highest BCUT2D eigenvalue weighted by atomic mass is 32.1. The molecule has 0 saturated carbocycles. The number of hydrazine groups is 1. The van der Waals surface area contributed by atoms with Gasteiger partial charge in [-0.3, -0.25) is 25.0 Å². The van der Waals surface area contributed by atoms with E-state index in [1.54, 1.807) is 5.38 Å². The molecule has 0 aliphatic carbocycles. The second-order valence-corrected chi connectivity index (χ2v) is 4.59. The summed E-state index contributed by atoms with van der Waals surface area (Å²) >= 11 is 1.02. The molecule has 11 heteroatoms. The summed E-state index contributed by atoms with van der Waals surface area (Å²) in [5.41, 5.74) is -1.37. The second kappa shape index (κ2) is 5.60. The lowest BCUT2D eigenvalue weighted by molar-refractivity contribution is -0.393. The second-order valence-electron chi connectivity index (χ2n) is 3.70. The van der Waals surface area contributed by atoms with E-state index in [0.717, 1.165) is 29.5 Å². The molecule has 10 nitrogen and oxygen atoms in total. The van der Waals surface area contributed by atoms with Gasteiger partial charge >= 0.3 is 11.6 Å². The van der Waals surface area contributed by atoms with Crippen LogP contribution in [0.1, 0.15) is 9.80 Å². The Bertz CT molecular complexity index is 717. The van der Waals surface area contributed by atoms with E-state index in [2.05, 4.69) is 4.98 Å². The Morgan fingerprint density at radius 1 is 1.29 bits per heavy atom. The van der Waals surface area contributed by atoms with Crippen LogP contribution in [0, 0.1) is 20.2 Å². The van der Waals surface area contributed by atoms with Crippen LogP contribution in [-0.4, -0.2) is 20.7 Å². The van der Waals surface area contributed by atoms with Crippen molar-refractivity contribution in [1.29, 1.82) is 0 Å².